The molecule has 0 fully saturated rings. The van der Waals surface area contributed by atoms with Crippen LogP contribution in [0.1, 0.15) is 21.6 Å². The molecule has 0 atom stereocenters. The van der Waals surface area contributed by atoms with E-state index in [1.807, 2.05) is 24.3 Å². The summed E-state index contributed by atoms with van der Waals surface area (Å²) in [6, 6.07) is 10.5. The summed E-state index contributed by atoms with van der Waals surface area (Å²) >= 11 is 3.34. The Bertz CT molecular complexity index is 674. The molecule has 19 heavy (non-hydrogen) atoms. The van der Waals surface area contributed by atoms with E-state index in [9.17, 15) is 9.59 Å². The zero-order valence-corrected chi connectivity index (χ0v) is 11.8. The van der Waals surface area contributed by atoms with Crippen LogP contribution in [0.5, 0.6) is 0 Å². The first-order valence-corrected chi connectivity index (χ1v) is 6.46. The molecule has 1 aromatic carbocycles. The number of rotatable bonds is 3. The number of pyridine rings is 1. The van der Waals surface area contributed by atoms with Crippen LogP contribution in [0.25, 0.3) is 0 Å². The van der Waals surface area contributed by atoms with Crippen molar-refractivity contribution < 1.29 is 9.90 Å². The molecule has 0 aliphatic heterocycles. The largest absolute Gasteiger partial charge is 0.477 e. The van der Waals surface area contributed by atoms with Crippen LogP contribution in [0.4, 0.5) is 0 Å². The quantitative estimate of drug-likeness (QED) is 0.945. The first-order chi connectivity index (χ1) is 8.99. The molecule has 1 heterocycles. The zero-order chi connectivity index (χ0) is 14.0. The highest BCUT2D eigenvalue weighted by atomic mass is 79.9. The van der Waals surface area contributed by atoms with Crippen molar-refractivity contribution in [1.29, 1.82) is 0 Å². The second-order valence-electron chi connectivity index (χ2n) is 4.21. The summed E-state index contributed by atoms with van der Waals surface area (Å²) in [5.74, 6) is -1.20. The van der Waals surface area contributed by atoms with E-state index in [2.05, 4.69) is 15.9 Å². The summed E-state index contributed by atoms with van der Waals surface area (Å²) in [6.45, 7) is 2.14. The Labute approximate surface area is 118 Å². The molecular weight excluding hydrogens is 310 g/mol. The van der Waals surface area contributed by atoms with Gasteiger partial charge < -0.3 is 9.67 Å². The monoisotopic (exact) mass is 321 g/mol. The van der Waals surface area contributed by atoms with Crippen LogP contribution < -0.4 is 5.56 Å². The van der Waals surface area contributed by atoms with E-state index in [0.29, 0.717) is 6.54 Å². The van der Waals surface area contributed by atoms with Crippen molar-refractivity contribution in [3.63, 3.8) is 0 Å². The Morgan fingerprint density at radius 1 is 1.21 bits per heavy atom. The number of carboxylic acids is 1. The maximum atomic E-state index is 12.1. The summed E-state index contributed by atoms with van der Waals surface area (Å²) < 4.78 is 2.42. The van der Waals surface area contributed by atoms with Crippen molar-refractivity contribution in [3.05, 3.63) is 68.0 Å². The molecule has 0 saturated carbocycles. The lowest BCUT2D eigenvalue weighted by Crippen LogP contribution is -2.28. The minimum Gasteiger partial charge on any atom is -0.477 e. The lowest BCUT2D eigenvalue weighted by Gasteiger charge is -2.11. The highest BCUT2D eigenvalue weighted by Gasteiger charge is 2.12. The first-order valence-electron chi connectivity index (χ1n) is 5.67. The maximum absolute atomic E-state index is 12.1. The Balaban J connectivity index is 2.45. The Morgan fingerprint density at radius 3 is 2.42 bits per heavy atom. The van der Waals surface area contributed by atoms with Gasteiger partial charge in [-0.25, -0.2) is 4.79 Å². The van der Waals surface area contributed by atoms with Crippen LogP contribution in [0.15, 0.2) is 45.7 Å². The summed E-state index contributed by atoms with van der Waals surface area (Å²) in [6.07, 6.45) is 0. The second kappa shape index (κ2) is 5.40. The highest BCUT2D eigenvalue weighted by molar-refractivity contribution is 9.10. The van der Waals surface area contributed by atoms with Gasteiger partial charge in [0, 0.05) is 10.2 Å². The van der Waals surface area contributed by atoms with Gasteiger partial charge in [0.2, 0.25) is 0 Å². The van der Waals surface area contributed by atoms with Gasteiger partial charge in [-0.15, -0.1) is 0 Å². The fourth-order valence-electron chi connectivity index (χ4n) is 1.80. The van der Waals surface area contributed by atoms with Crippen molar-refractivity contribution in [3.8, 4) is 0 Å². The highest BCUT2D eigenvalue weighted by Crippen LogP contribution is 2.12. The van der Waals surface area contributed by atoms with E-state index in [-0.39, 0.29) is 5.56 Å². The third-order valence-corrected chi connectivity index (χ3v) is 3.41. The topological polar surface area (TPSA) is 59.3 Å². The number of aromatic carboxylic acids is 1. The van der Waals surface area contributed by atoms with Crippen molar-refractivity contribution in [2.24, 2.45) is 0 Å². The van der Waals surface area contributed by atoms with Gasteiger partial charge in [-0.1, -0.05) is 28.1 Å². The van der Waals surface area contributed by atoms with E-state index in [1.165, 1.54) is 10.6 Å². The lowest BCUT2D eigenvalue weighted by molar-refractivity contribution is 0.0694. The number of hydrogen-bond donors (Lipinski definition) is 1. The van der Waals surface area contributed by atoms with Crippen LogP contribution in [-0.4, -0.2) is 15.6 Å². The summed E-state index contributed by atoms with van der Waals surface area (Å²) in [7, 11) is 0. The molecule has 98 valence electrons. The van der Waals surface area contributed by atoms with E-state index in [1.54, 1.807) is 13.0 Å². The van der Waals surface area contributed by atoms with Crippen LogP contribution in [-0.2, 0) is 6.54 Å². The molecule has 0 aliphatic carbocycles. The molecule has 0 radical (unpaired) electrons. The fourth-order valence-corrected chi connectivity index (χ4v) is 2.07. The smallest absolute Gasteiger partial charge is 0.341 e. The number of halogens is 1. The SMILES string of the molecule is Cc1ccc(C(=O)O)c(=O)n1Cc1ccc(Br)cc1. The second-order valence-corrected chi connectivity index (χ2v) is 5.13. The third-order valence-electron chi connectivity index (χ3n) is 2.88. The van der Waals surface area contributed by atoms with Crippen molar-refractivity contribution >= 4 is 21.9 Å². The van der Waals surface area contributed by atoms with Gasteiger partial charge in [-0.05, 0) is 36.8 Å². The average Bonchev–Trinajstić information content (AvgIpc) is 2.36. The number of hydrogen-bond acceptors (Lipinski definition) is 2. The summed E-state index contributed by atoms with van der Waals surface area (Å²) in [5.41, 5.74) is 0.993. The molecule has 1 N–H and O–H groups in total. The van der Waals surface area contributed by atoms with Gasteiger partial charge >= 0.3 is 5.97 Å². The predicted molar refractivity (Wildman–Crippen MR) is 75.6 cm³/mol. The molecule has 0 saturated heterocycles. The normalized spacial score (nSPS) is 10.4. The molecule has 0 spiro atoms. The zero-order valence-electron chi connectivity index (χ0n) is 10.3. The molecular formula is C14H12BrNO3. The molecule has 1 aromatic heterocycles. The van der Waals surface area contributed by atoms with Crippen molar-refractivity contribution in [2.75, 3.05) is 0 Å². The maximum Gasteiger partial charge on any atom is 0.341 e. The van der Waals surface area contributed by atoms with E-state index < -0.39 is 11.5 Å². The number of aryl methyl sites for hydroxylation is 1. The minimum absolute atomic E-state index is 0.206. The number of carboxylic acid groups (broad SMARTS) is 1. The number of nitrogens with zero attached hydrogens (tertiary/aromatic N) is 1. The van der Waals surface area contributed by atoms with Gasteiger partial charge in [0.1, 0.15) is 5.56 Å². The number of benzene rings is 1. The lowest BCUT2D eigenvalue weighted by atomic mass is 10.2. The van der Waals surface area contributed by atoms with Gasteiger partial charge in [0.15, 0.2) is 0 Å². The van der Waals surface area contributed by atoms with Gasteiger partial charge in [0.05, 0.1) is 6.54 Å². The standard InChI is InChI=1S/C14H12BrNO3/c1-9-2-7-12(14(18)19)13(17)16(9)8-10-3-5-11(15)6-4-10/h2-7H,8H2,1H3,(H,18,19). The average molecular weight is 322 g/mol. The van der Waals surface area contributed by atoms with Crippen molar-refractivity contribution in [2.45, 2.75) is 13.5 Å². The molecule has 0 bridgehead atoms. The molecule has 2 aromatic rings. The van der Waals surface area contributed by atoms with E-state index >= 15 is 0 Å². The van der Waals surface area contributed by atoms with Crippen LogP contribution in [0, 0.1) is 6.92 Å². The van der Waals surface area contributed by atoms with Crippen molar-refractivity contribution in [1.82, 2.24) is 4.57 Å². The third kappa shape index (κ3) is 2.93. The number of carbonyl (C=O) groups is 1. The Kier molecular flexibility index (Phi) is 3.85. The van der Waals surface area contributed by atoms with E-state index in [4.69, 9.17) is 5.11 Å². The summed E-state index contributed by atoms with van der Waals surface area (Å²) in [5, 5.41) is 8.96. The molecule has 4 nitrogen and oxygen atoms in total. The van der Waals surface area contributed by atoms with E-state index in [0.717, 1.165) is 15.7 Å². The Morgan fingerprint density at radius 2 is 1.84 bits per heavy atom. The molecule has 2 rings (SSSR count). The Hall–Kier alpha value is -1.88. The van der Waals surface area contributed by atoms with Crippen LogP contribution in [0.2, 0.25) is 0 Å². The first kappa shape index (κ1) is 13.5. The molecule has 0 aliphatic rings. The summed E-state index contributed by atoms with van der Waals surface area (Å²) in [4.78, 5) is 23.0. The van der Waals surface area contributed by atoms with Crippen LogP contribution >= 0.6 is 15.9 Å². The molecule has 5 heteroatoms. The van der Waals surface area contributed by atoms with Gasteiger partial charge in [-0.3, -0.25) is 4.79 Å². The predicted octanol–water partition coefficient (Wildman–Crippen LogP) is 2.67. The molecule has 0 unspecified atom stereocenters. The minimum atomic E-state index is -1.20. The van der Waals surface area contributed by atoms with Gasteiger partial charge in [-0.2, -0.15) is 0 Å². The van der Waals surface area contributed by atoms with Crippen LogP contribution in [0.3, 0.4) is 0 Å². The fraction of sp³-hybridized carbons (Fsp3) is 0.143. The molecule has 0 amide bonds. The number of aromatic nitrogens is 1. The van der Waals surface area contributed by atoms with Gasteiger partial charge in [0.25, 0.3) is 5.56 Å².